The van der Waals surface area contributed by atoms with Gasteiger partial charge in [-0.2, -0.15) is 0 Å². The Morgan fingerprint density at radius 1 is 0.596 bits per heavy atom. The van der Waals surface area contributed by atoms with Crippen LogP contribution in [0.4, 0.5) is 0 Å². The van der Waals surface area contributed by atoms with E-state index in [-0.39, 0.29) is 23.7 Å². The zero-order valence-corrected chi connectivity index (χ0v) is 27.4. The number of hydrogen-bond donors (Lipinski definition) is 1. The third kappa shape index (κ3) is 5.78. The van der Waals surface area contributed by atoms with Crippen LogP contribution in [0.2, 0.25) is 0 Å². The number of carbonyl (C=O) groups excluding carboxylic acids is 2. The molecule has 2 aromatic heterocycles. The number of benzene rings is 5. The number of carbonyl (C=O) groups is 2. The molecule has 0 saturated carbocycles. The van der Waals surface area contributed by atoms with Crippen molar-refractivity contribution in [3.63, 3.8) is 0 Å². The minimum atomic E-state index is -0.0878. The summed E-state index contributed by atoms with van der Waals surface area (Å²) in [5.74, 6) is 1.81. The maximum absolute atomic E-state index is 13.2. The highest BCUT2D eigenvalue weighted by Crippen LogP contribution is 2.33. The van der Waals surface area contributed by atoms with E-state index in [4.69, 9.17) is 18.8 Å². The molecule has 0 saturated heterocycles. The van der Waals surface area contributed by atoms with E-state index in [1.165, 1.54) is 0 Å². The Labute approximate surface area is 273 Å². The highest BCUT2D eigenvalue weighted by molar-refractivity contribution is 6.02. The summed E-state index contributed by atoms with van der Waals surface area (Å²) in [5.41, 5.74) is 5.64. The molecule has 7 heteroatoms. The molecule has 2 atom stereocenters. The first kappa shape index (κ1) is 30.4. The smallest absolute Gasteiger partial charge is 0.251 e. The van der Waals surface area contributed by atoms with Gasteiger partial charge in [0.1, 0.15) is 11.0 Å². The molecule has 5 aromatic carbocycles. The van der Waals surface area contributed by atoms with Crippen molar-refractivity contribution in [2.75, 3.05) is 0 Å². The Morgan fingerprint density at radius 2 is 1.06 bits per heavy atom. The van der Waals surface area contributed by atoms with Gasteiger partial charge >= 0.3 is 0 Å². The minimum absolute atomic E-state index is 0.0381. The number of nitrogens with zero attached hydrogens (tertiary/aromatic N) is 2. The van der Waals surface area contributed by atoms with E-state index in [0.717, 1.165) is 38.2 Å². The molecule has 47 heavy (non-hydrogen) atoms. The van der Waals surface area contributed by atoms with E-state index in [1.54, 1.807) is 0 Å². The Kier molecular flexibility index (Phi) is 7.63. The SMILES string of the molecule is CC(C)NC(=O)c1ccc2cc(-c3nc4cc5oc(-c6ccc7cc(C(=O)C(C)C(C)C(C)C)ccc7c6)nc5cc4o3)ccc2c1. The number of fused-ring (bicyclic) bond motifs is 4. The second-order valence-corrected chi connectivity index (χ2v) is 13.3. The summed E-state index contributed by atoms with van der Waals surface area (Å²) < 4.78 is 12.4. The summed E-state index contributed by atoms with van der Waals surface area (Å²) in [6, 6.07) is 27.3. The molecule has 7 nitrogen and oxygen atoms in total. The Hall–Kier alpha value is -5.30. The molecular weight excluding hydrogens is 586 g/mol. The first-order valence-electron chi connectivity index (χ1n) is 16.2. The van der Waals surface area contributed by atoms with Crippen molar-refractivity contribution in [1.82, 2.24) is 15.3 Å². The third-order valence-electron chi connectivity index (χ3n) is 9.29. The van der Waals surface area contributed by atoms with Crippen LogP contribution < -0.4 is 5.32 Å². The Balaban J connectivity index is 1.14. The maximum Gasteiger partial charge on any atom is 0.251 e. The standard InChI is InChI=1S/C40H37N3O4/c1-21(2)23(5)24(6)37(44)29-11-7-27-17-31(13-9-25(27)15-29)39-42-33-19-36-34(20-35(33)46-39)43-40(47-36)32-14-10-26-16-30(12-8-28(26)18-32)38(45)41-22(3)4/h7-24H,1-6H3,(H,41,45). The molecule has 1 amide bonds. The third-order valence-corrected chi connectivity index (χ3v) is 9.29. The number of Topliss-reactive ketones (excluding diaryl/α,β-unsaturated/α-hetero) is 1. The van der Waals surface area contributed by atoms with Crippen LogP contribution in [0.1, 0.15) is 62.3 Å². The Morgan fingerprint density at radius 3 is 1.57 bits per heavy atom. The highest BCUT2D eigenvalue weighted by Gasteiger charge is 2.24. The van der Waals surface area contributed by atoms with Gasteiger partial charge in [0.15, 0.2) is 16.9 Å². The van der Waals surface area contributed by atoms with E-state index in [2.05, 4.69) is 26.1 Å². The number of oxazole rings is 2. The van der Waals surface area contributed by atoms with Crippen molar-refractivity contribution in [2.45, 2.75) is 47.6 Å². The van der Waals surface area contributed by atoms with Crippen molar-refractivity contribution < 1.29 is 18.4 Å². The van der Waals surface area contributed by atoms with E-state index in [9.17, 15) is 9.59 Å². The van der Waals surface area contributed by atoms with Gasteiger partial charge in [0.05, 0.1) is 0 Å². The average Bonchev–Trinajstić information content (AvgIpc) is 3.68. The topological polar surface area (TPSA) is 98.2 Å². The number of aromatic nitrogens is 2. The van der Waals surface area contributed by atoms with E-state index in [1.807, 2.05) is 106 Å². The van der Waals surface area contributed by atoms with Gasteiger partial charge in [-0.1, -0.05) is 58.0 Å². The molecule has 0 radical (unpaired) electrons. The summed E-state index contributed by atoms with van der Waals surface area (Å²) in [7, 11) is 0. The van der Waals surface area contributed by atoms with Crippen molar-refractivity contribution >= 4 is 55.4 Å². The van der Waals surface area contributed by atoms with Crippen molar-refractivity contribution in [2.24, 2.45) is 17.8 Å². The highest BCUT2D eigenvalue weighted by atomic mass is 16.4. The van der Waals surface area contributed by atoms with Crippen LogP contribution in [0.25, 0.3) is 66.7 Å². The molecule has 7 aromatic rings. The van der Waals surface area contributed by atoms with Gasteiger partial charge in [0.2, 0.25) is 11.8 Å². The van der Waals surface area contributed by atoms with Crippen LogP contribution in [-0.4, -0.2) is 27.7 Å². The van der Waals surface area contributed by atoms with Gasteiger partial charge in [-0.15, -0.1) is 0 Å². The lowest BCUT2D eigenvalue weighted by Gasteiger charge is -2.22. The molecule has 0 spiro atoms. The molecule has 0 aliphatic heterocycles. The van der Waals surface area contributed by atoms with E-state index in [0.29, 0.717) is 51.4 Å². The summed E-state index contributed by atoms with van der Waals surface area (Å²) in [6.45, 7) is 12.4. The largest absolute Gasteiger partial charge is 0.436 e. The lowest BCUT2D eigenvalue weighted by molar-refractivity contribution is 0.0870. The first-order chi connectivity index (χ1) is 22.5. The van der Waals surface area contributed by atoms with Gasteiger partial charge in [-0.05, 0) is 89.7 Å². The number of nitrogens with one attached hydrogen (secondary N) is 1. The molecule has 0 bridgehead atoms. The molecule has 0 aliphatic carbocycles. The van der Waals surface area contributed by atoms with Gasteiger partial charge < -0.3 is 14.2 Å². The normalized spacial score (nSPS) is 13.3. The van der Waals surface area contributed by atoms with Crippen molar-refractivity contribution in [3.8, 4) is 22.9 Å². The van der Waals surface area contributed by atoms with Crippen molar-refractivity contribution in [3.05, 3.63) is 96.1 Å². The quantitative estimate of drug-likeness (QED) is 0.169. The van der Waals surface area contributed by atoms with Crippen molar-refractivity contribution in [1.29, 1.82) is 0 Å². The molecular formula is C40H37N3O4. The molecule has 1 N–H and O–H groups in total. The van der Waals surface area contributed by atoms with Crippen LogP contribution in [0.15, 0.2) is 93.8 Å². The second-order valence-electron chi connectivity index (χ2n) is 13.3. The van der Waals surface area contributed by atoms with Crippen LogP contribution >= 0.6 is 0 Å². The van der Waals surface area contributed by atoms with Gasteiger partial charge in [0, 0.05) is 46.3 Å². The Bertz CT molecular complexity index is 2280. The molecule has 7 rings (SSSR count). The zero-order chi connectivity index (χ0) is 33.0. The predicted octanol–water partition coefficient (Wildman–Crippen LogP) is 9.86. The summed E-state index contributed by atoms with van der Waals surface area (Å²) in [5, 5.41) is 6.89. The van der Waals surface area contributed by atoms with Crippen LogP contribution in [0.3, 0.4) is 0 Å². The maximum atomic E-state index is 13.2. The van der Waals surface area contributed by atoms with Gasteiger partial charge in [0.25, 0.3) is 5.91 Å². The monoisotopic (exact) mass is 623 g/mol. The molecule has 2 heterocycles. The summed E-state index contributed by atoms with van der Waals surface area (Å²) >= 11 is 0. The fraction of sp³-hybridized carbons (Fsp3) is 0.250. The average molecular weight is 624 g/mol. The lowest BCUT2D eigenvalue weighted by Crippen LogP contribution is -2.29. The fourth-order valence-electron chi connectivity index (χ4n) is 6.07. The van der Waals surface area contributed by atoms with Crippen LogP contribution in [0.5, 0.6) is 0 Å². The number of ketones is 1. The zero-order valence-electron chi connectivity index (χ0n) is 27.4. The molecule has 236 valence electrons. The van der Waals surface area contributed by atoms with Crippen LogP contribution in [-0.2, 0) is 0 Å². The number of hydrogen-bond acceptors (Lipinski definition) is 6. The number of rotatable bonds is 8. The van der Waals surface area contributed by atoms with Crippen LogP contribution in [0, 0.1) is 17.8 Å². The predicted molar refractivity (Wildman–Crippen MR) is 188 cm³/mol. The molecule has 2 unspecified atom stereocenters. The summed E-state index contributed by atoms with van der Waals surface area (Å²) in [6.07, 6.45) is 0. The number of amides is 1. The second kappa shape index (κ2) is 11.8. The van der Waals surface area contributed by atoms with Gasteiger partial charge in [-0.25, -0.2) is 9.97 Å². The van der Waals surface area contributed by atoms with Gasteiger partial charge in [-0.3, -0.25) is 9.59 Å². The van der Waals surface area contributed by atoms with E-state index >= 15 is 0 Å². The first-order valence-corrected chi connectivity index (χ1v) is 16.2. The lowest BCUT2D eigenvalue weighted by atomic mass is 9.81. The molecule has 0 aliphatic rings. The minimum Gasteiger partial charge on any atom is -0.436 e. The summed E-state index contributed by atoms with van der Waals surface area (Å²) in [4.78, 5) is 35.1. The van der Waals surface area contributed by atoms with E-state index < -0.39 is 0 Å². The molecule has 0 fully saturated rings. The fourth-order valence-corrected chi connectivity index (χ4v) is 6.07.